The summed E-state index contributed by atoms with van der Waals surface area (Å²) < 4.78 is 32.6. The lowest BCUT2D eigenvalue weighted by molar-refractivity contribution is -0.161. The van der Waals surface area contributed by atoms with Crippen molar-refractivity contribution in [2.45, 2.75) is 167 Å². The normalized spacial score (nSPS) is 14.5. The van der Waals surface area contributed by atoms with Crippen molar-refractivity contribution in [2.75, 3.05) is 26.4 Å². The van der Waals surface area contributed by atoms with Crippen LogP contribution in [0.5, 0.6) is 0 Å². The van der Waals surface area contributed by atoms with Crippen LogP contribution in [-0.4, -0.2) is 60.5 Å². The number of unbranched alkanes of at least 4 members (excludes halogenated alkanes) is 13. The topological polar surface area (TPSA) is 155 Å². The lowest BCUT2D eigenvalue weighted by atomic mass is 10.0. The van der Waals surface area contributed by atoms with Crippen molar-refractivity contribution in [3.63, 3.8) is 0 Å². The lowest BCUT2D eigenvalue weighted by Crippen LogP contribution is -2.29. The molecule has 0 saturated carbocycles. The predicted molar refractivity (Wildman–Crippen MR) is 207 cm³/mol. The molecular formula is C40H72NO9P. The van der Waals surface area contributed by atoms with Crippen molar-refractivity contribution in [3.8, 4) is 0 Å². The first-order chi connectivity index (χ1) is 24.7. The minimum Gasteiger partial charge on any atom is -0.462 e. The molecule has 0 heterocycles. The summed E-state index contributed by atoms with van der Waals surface area (Å²) in [5.74, 6) is -0.913. The minimum absolute atomic E-state index is 0.0405. The van der Waals surface area contributed by atoms with E-state index in [1.54, 1.807) is 0 Å². The summed E-state index contributed by atoms with van der Waals surface area (Å²) in [5, 5.41) is 9.25. The zero-order valence-corrected chi connectivity index (χ0v) is 32.8. The molecule has 0 aliphatic carbocycles. The maximum Gasteiger partial charge on any atom is 0.472 e. The highest BCUT2D eigenvalue weighted by Gasteiger charge is 2.25. The standard InChI is InChI=1S/C40H72NO9P/c1-3-4-5-6-7-8-9-16-20-23-26-29-32-40(44)50-38(36-49-51(45,46)48-34-33-41)35-47-39(43)31-28-25-22-19-17-14-12-10-11-13-15-18-21-24-27-30-37(2)42/h11-14,18-19,21-22,37-38,42H,3-10,15-17,20,23-36,41H2,1-2H3,(H,45,46)/b13-11-,14-12-,21-18-,22-19-/t37-,38-/m1/s1. The van der Waals surface area contributed by atoms with Crippen molar-refractivity contribution in [2.24, 2.45) is 5.73 Å². The van der Waals surface area contributed by atoms with Crippen LogP contribution in [0.25, 0.3) is 0 Å². The molecule has 3 atom stereocenters. The van der Waals surface area contributed by atoms with Gasteiger partial charge in [-0.25, -0.2) is 4.57 Å². The van der Waals surface area contributed by atoms with Crippen LogP contribution in [0.2, 0.25) is 0 Å². The number of allylic oxidation sites excluding steroid dienone is 8. The van der Waals surface area contributed by atoms with Crippen LogP contribution in [0, 0.1) is 0 Å². The van der Waals surface area contributed by atoms with Crippen LogP contribution >= 0.6 is 7.82 Å². The molecule has 0 rings (SSSR count). The molecule has 0 saturated heterocycles. The van der Waals surface area contributed by atoms with E-state index in [4.69, 9.17) is 24.3 Å². The Hall–Kier alpha value is -2.07. The number of hydrogen-bond acceptors (Lipinski definition) is 9. The molecule has 1 unspecified atom stereocenters. The molecule has 0 bridgehead atoms. The molecule has 0 spiro atoms. The van der Waals surface area contributed by atoms with Crippen molar-refractivity contribution >= 4 is 19.8 Å². The summed E-state index contributed by atoms with van der Waals surface area (Å²) in [6.45, 7) is 3.19. The second-order valence-electron chi connectivity index (χ2n) is 13.1. The molecule has 0 aromatic heterocycles. The minimum atomic E-state index is -4.39. The summed E-state index contributed by atoms with van der Waals surface area (Å²) in [7, 11) is -4.39. The Bertz CT molecular complexity index is 996. The Morgan fingerprint density at radius 2 is 1.16 bits per heavy atom. The van der Waals surface area contributed by atoms with Crippen LogP contribution in [0.4, 0.5) is 0 Å². The second-order valence-corrected chi connectivity index (χ2v) is 14.5. The molecule has 0 aliphatic heterocycles. The SMILES string of the molecule is CCCCCCCCCCCCCCC(=O)O[C@H](COC(=O)CCC/C=C\C/C=C\C/C=C\C/C=C\CCC[C@@H](C)O)COP(=O)(O)OCCN. The summed E-state index contributed by atoms with van der Waals surface area (Å²) in [6, 6.07) is 0. The zero-order valence-electron chi connectivity index (χ0n) is 31.9. The molecule has 10 nitrogen and oxygen atoms in total. The van der Waals surface area contributed by atoms with Gasteiger partial charge in [-0.15, -0.1) is 0 Å². The molecule has 4 N–H and O–H groups in total. The van der Waals surface area contributed by atoms with E-state index in [9.17, 15) is 24.2 Å². The van der Waals surface area contributed by atoms with Gasteiger partial charge in [-0.05, 0) is 64.7 Å². The van der Waals surface area contributed by atoms with E-state index in [0.29, 0.717) is 12.8 Å². The first-order valence-corrected chi connectivity index (χ1v) is 21.1. The Morgan fingerprint density at radius 1 is 0.667 bits per heavy atom. The van der Waals surface area contributed by atoms with Gasteiger partial charge >= 0.3 is 19.8 Å². The number of carbonyl (C=O) groups excluding carboxylic acids is 2. The van der Waals surface area contributed by atoms with Gasteiger partial charge in [0.1, 0.15) is 6.61 Å². The van der Waals surface area contributed by atoms with Crippen LogP contribution in [0.1, 0.15) is 155 Å². The zero-order chi connectivity index (χ0) is 37.7. The van der Waals surface area contributed by atoms with Crippen LogP contribution in [-0.2, 0) is 32.7 Å². The molecule has 0 aromatic carbocycles. The monoisotopic (exact) mass is 741 g/mol. The summed E-state index contributed by atoms with van der Waals surface area (Å²) in [6.07, 6.45) is 37.1. The number of aliphatic hydroxyl groups excluding tert-OH is 1. The number of phosphoric ester groups is 1. The van der Waals surface area contributed by atoms with Gasteiger partial charge in [-0.1, -0.05) is 126 Å². The van der Waals surface area contributed by atoms with E-state index in [-0.39, 0.29) is 38.7 Å². The Labute approximate surface area is 309 Å². The molecule has 51 heavy (non-hydrogen) atoms. The maximum atomic E-state index is 12.5. The highest BCUT2D eigenvalue weighted by molar-refractivity contribution is 7.47. The number of rotatable bonds is 36. The number of phosphoric acid groups is 1. The lowest BCUT2D eigenvalue weighted by Gasteiger charge is -2.19. The van der Waals surface area contributed by atoms with E-state index < -0.39 is 32.5 Å². The first-order valence-electron chi connectivity index (χ1n) is 19.6. The molecule has 0 fully saturated rings. The number of hydrogen-bond donors (Lipinski definition) is 3. The van der Waals surface area contributed by atoms with Gasteiger partial charge < -0.3 is 25.2 Å². The number of carbonyl (C=O) groups is 2. The number of aliphatic hydroxyl groups is 1. The van der Waals surface area contributed by atoms with Gasteiger partial charge in [0.25, 0.3) is 0 Å². The predicted octanol–water partition coefficient (Wildman–Crippen LogP) is 9.74. The molecule has 0 amide bonds. The van der Waals surface area contributed by atoms with Gasteiger partial charge in [0.15, 0.2) is 6.10 Å². The maximum absolute atomic E-state index is 12.5. The van der Waals surface area contributed by atoms with Gasteiger partial charge in [0.2, 0.25) is 0 Å². The van der Waals surface area contributed by atoms with E-state index in [2.05, 4.69) is 49.5 Å². The molecule has 0 radical (unpaired) electrons. The van der Waals surface area contributed by atoms with Gasteiger partial charge in [0, 0.05) is 19.4 Å². The third-order valence-corrected chi connectivity index (χ3v) is 8.97. The average molecular weight is 742 g/mol. The van der Waals surface area contributed by atoms with Crippen molar-refractivity contribution in [1.82, 2.24) is 0 Å². The van der Waals surface area contributed by atoms with Gasteiger partial charge in [-0.2, -0.15) is 0 Å². The van der Waals surface area contributed by atoms with Crippen LogP contribution in [0.3, 0.4) is 0 Å². The van der Waals surface area contributed by atoms with E-state index in [1.807, 2.05) is 13.0 Å². The quantitative estimate of drug-likeness (QED) is 0.0245. The fraction of sp³-hybridized carbons (Fsp3) is 0.750. The van der Waals surface area contributed by atoms with Gasteiger partial charge in [-0.3, -0.25) is 18.6 Å². The molecule has 11 heteroatoms. The van der Waals surface area contributed by atoms with Crippen LogP contribution < -0.4 is 5.73 Å². The smallest absolute Gasteiger partial charge is 0.462 e. The third kappa shape index (κ3) is 37.5. The van der Waals surface area contributed by atoms with Crippen molar-refractivity contribution in [3.05, 3.63) is 48.6 Å². The fourth-order valence-corrected chi connectivity index (χ4v) is 5.82. The third-order valence-electron chi connectivity index (χ3n) is 7.99. The highest BCUT2D eigenvalue weighted by atomic mass is 31.2. The van der Waals surface area contributed by atoms with Gasteiger partial charge in [0.05, 0.1) is 19.3 Å². The summed E-state index contributed by atoms with van der Waals surface area (Å²) >= 11 is 0. The Morgan fingerprint density at radius 3 is 1.69 bits per heavy atom. The molecular weight excluding hydrogens is 669 g/mol. The van der Waals surface area contributed by atoms with E-state index in [0.717, 1.165) is 64.2 Å². The van der Waals surface area contributed by atoms with E-state index in [1.165, 1.54) is 51.4 Å². The van der Waals surface area contributed by atoms with Crippen LogP contribution in [0.15, 0.2) is 48.6 Å². The second kappa shape index (κ2) is 36.3. The largest absolute Gasteiger partial charge is 0.472 e. The summed E-state index contributed by atoms with van der Waals surface area (Å²) in [5.41, 5.74) is 5.33. The fourth-order valence-electron chi connectivity index (χ4n) is 5.06. The highest BCUT2D eigenvalue weighted by Crippen LogP contribution is 2.43. The Kier molecular flexibility index (Phi) is 34.8. The molecule has 296 valence electrons. The first kappa shape index (κ1) is 48.9. The molecule has 0 aliphatic rings. The number of ether oxygens (including phenoxy) is 2. The number of esters is 2. The summed E-state index contributed by atoms with van der Waals surface area (Å²) in [4.78, 5) is 34.7. The molecule has 0 aromatic rings. The van der Waals surface area contributed by atoms with Crippen molar-refractivity contribution < 1.29 is 42.7 Å². The number of nitrogens with two attached hydrogens (primary N) is 1. The Balaban J connectivity index is 4.30. The van der Waals surface area contributed by atoms with E-state index >= 15 is 0 Å². The average Bonchev–Trinajstić information content (AvgIpc) is 3.10. The van der Waals surface area contributed by atoms with Crippen molar-refractivity contribution in [1.29, 1.82) is 0 Å².